The molecule has 0 radical (unpaired) electrons. The van der Waals surface area contributed by atoms with Crippen LogP contribution >= 0.6 is 15.9 Å². The molecule has 1 aromatic carbocycles. The maximum Gasteiger partial charge on any atom is 0.228 e. The average Bonchev–Trinajstić information content (AvgIpc) is 3.31. The van der Waals surface area contributed by atoms with Crippen LogP contribution in [-0.2, 0) is 9.59 Å². The number of likely N-dealkylation sites (tertiary alicyclic amines) is 1. The smallest absolute Gasteiger partial charge is 0.228 e. The van der Waals surface area contributed by atoms with Crippen LogP contribution in [0.25, 0.3) is 0 Å². The molecule has 1 unspecified atom stereocenters. The summed E-state index contributed by atoms with van der Waals surface area (Å²) in [4.78, 5) is 33.1. The molecule has 0 N–H and O–H groups in total. The number of hydrogen-bond acceptors (Lipinski definition) is 3. The Morgan fingerprint density at radius 1 is 1.23 bits per heavy atom. The molecule has 3 heterocycles. The van der Waals surface area contributed by atoms with E-state index in [2.05, 4.69) is 25.5 Å². The number of amides is 2. The van der Waals surface area contributed by atoms with E-state index in [-0.39, 0.29) is 17.7 Å². The maximum absolute atomic E-state index is 12.9. The highest BCUT2D eigenvalue weighted by molar-refractivity contribution is 9.10. The van der Waals surface area contributed by atoms with Gasteiger partial charge >= 0.3 is 0 Å². The number of anilines is 1. The molecule has 7 heteroatoms. The predicted octanol–water partition coefficient (Wildman–Crippen LogP) is 2.86. The topological polar surface area (TPSA) is 58.4 Å². The second-order valence-electron chi connectivity index (χ2n) is 6.95. The minimum atomic E-state index is -0.244. The molecule has 2 aliphatic rings. The second-order valence-corrected chi connectivity index (χ2v) is 7.87. The van der Waals surface area contributed by atoms with Gasteiger partial charge in [-0.15, -0.1) is 0 Å². The van der Waals surface area contributed by atoms with E-state index < -0.39 is 0 Å². The fraction of sp³-hybridized carbons (Fsp3) is 0.421. The van der Waals surface area contributed by atoms with E-state index in [4.69, 9.17) is 0 Å². The van der Waals surface area contributed by atoms with Crippen molar-refractivity contribution in [3.63, 3.8) is 0 Å². The Bertz CT molecular complexity index is 800. The molecule has 2 amide bonds. The van der Waals surface area contributed by atoms with Crippen molar-refractivity contribution in [1.82, 2.24) is 14.5 Å². The summed E-state index contributed by atoms with van der Waals surface area (Å²) in [6, 6.07) is 8.07. The minimum Gasteiger partial charge on any atom is -0.342 e. The summed E-state index contributed by atoms with van der Waals surface area (Å²) in [6.45, 7) is 1.95. The highest BCUT2D eigenvalue weighted by Gasteiger charge is 2.38. The SMILES string of the molecule is O=C(C1CC(=O)N(c2cccc(Br)c2)C1)N1CCC(n2ccnc2)CC1. The van der Waals surface area contributed by atoms with Crippen molar-refractivity contribution in [2.24, 2.45) is 5.92 Å². The molecule has 4 rings (SSSR count). The van der Waals surface area contributed by atoms with Gasteiger partial charge in [0.2, 0.25) is 11.8 Å². The fourth-order valence-corrected chi connectivity index (χ4v) is 4.28. The Labute approximate surface area is 160 Å². The molecule has 0 bridgehead atoms. The van der Waals surface area contributed by atoms with Gasteiger partial charge in [-0.2, -0.15) is 0 Å². The Hall–Kier alpha value is -2.15. The molecule has 1 atom stereocenters. The molecule has 0 aliphatic carbocycles. The van der Waals surface area contributed by atoms with E-state index in [1.807, 2.05) is 41.7 Å². The van der Waals surface area contributed by atoms with Crippen LogP contribution in [0.3, 0.4) is 0 Å². The van der Waals surface area contributed by atoms with Gasteiger partial charge in [0.05, 0.1) is 12.2 Å². The quantitative estimate of drug-likeness (QED) is 0.772. The van der Waals surface area contributed by atoms with E-state index in [1.54, 1.807) is 11.1 Å². The molecule has 1 aromatic heterocycles. The highest BCUT2D eigenvalue weighted by Crippen LogP contribution is 2.30. The summed E-state index contributed by atoms with van der Waals surface area (Å²) in [5, 5.41) is 0. The zero-order valence-electron chi connectivity index (χ0n) is 14.4. The molecule has 26 heavy (non-hydrogen) atoms. The van der Waals surface area contributed by atoms with Crippen LogP contribution in [0.5, 0.6) is 0 Å². The Balaban J connectivity index is 1.38. The first-order valence-electron chi connectivity index (χ1n) is 8.94. The standard InChI is InChI=1S/C19H21BrN4O2/c20-15-2-1-3-17(11-15)24-12-14(10-18(24)25)19(26)22-7-4-16(5-8-22)23-9-6-21-13-23/h1-3,6,9,11,13-14,16H,4-5,7-8,10,12H2. The number of carbonyl (C=O) groups is 2. The molecular formula is C19H21BrN4O2. The van der Waals surface area contributed by atoms with Crippen LogP contribution in [-0.4, -0.2) is 45.9 Å². The Kier molecular flexibility index (Phi) is 4.80. The highest BCUT2D eigenvalue weighted by atomic mass is 79.9. The van der Waals surface area contributed by atoms with Gasteiger partial charge in [0.15, 0.2) is 0 Å². The number of rotatable bonds is 3. The third-order valence-corrected chi connectivity index (χ3v) is 5.81. The van der Waals surface area contributed by atoms with Gasteiger partial charge in [0.1, 0.15) is 0 Å². The van der Waals surface area contributed by atoms with Crippen molar-refractivity contribution in [1.29, 1.82) is 0 Å². The summed E-state index contributed by atoms with van der Waals surface area (Å²) >= 11 is 3.44. The van der Waals surface area contributed by atoms with Crippen molar-refractivity contribution in [2.75, 3.05) is 24.5 Å². The lowest BCUT2D eigenvalue weighted by Crippen LogP contribution is -2.42. The number of piperidine rings is 1. The summed E-state index contributed by atoms with van der Waals surface area (Å²) in [5.41, 5.74) is 0.846. The van der Waals surface area contributed by atoms with Crippen molar-refractivity contribution in [3.05, 3.63) is 47.5 Å². The number of nitrogens with zero attached hydrogens (tertiary/aromatic N) is 4. The van der Waals surface area contributed by atoms with Crippen molar-refractivity contribution in [2.45, 2.75) is 25.3 Å². The zero-order valence-corrected chi connectivity index (χ0v) is 16.0. The Morgan fingerprint density at radius 2 is 2.04 bits per heavy atom. The first-order valence-corrected chi connectivity index (χ1v) is 9.73. The molecule has 2 aromatic rings. The average molecular weight is 417 g/mol. The van der Waals surface area contributed by atoms with E-state index in [0.29, 0.717) is 19.0 Å². The van der Waals surface area contributed by atoms with Gasteiger partial charge in [0, 0.05) is 54.7 Å². The van der Waals surface area contributed by atoms with Gasteiger partial charge in [-0.3, -0.25) is 9.59 Å². The lowest BCUT2D eigenvalue weighted by atomic mass is 10.0. The largest absolute Gasteiger partial charge is 0.342 e. The van der Waals surface area contributed by atoms with Crippen molar-refractivity contribution < 1.29 is 9.59 Å². The van der Waals surface area contributed by atoms with Crippen LogP contribution < -0.4 is 4.90 Å². The third-order valence-electron chi connectivity index (χ3n) is 5.32. The number of benzene rings is 1. The number of halogens is 1. The van der Waals surface area contributed by atoms with E-state index >= 15 is 0 Å². The van der Waals surface area contributed by atoms with Crippen molar-refractivity contribution >= 4 is 33.4 Å². The summed E-state index contributed by atoms with van der Waals surface area (Å²) in [6.07, 6.45) is 7.77. The summed E-state index contributed by atoms with van der Waals surface area (Å²) in [5.74, 6) is -0.110. The van der Waals surface area contributed by atoms with E-state index in [0.717, 1.165) is 36.1 Å². The first-order chi connectivity index (χ1) is 12.6. The normalized spacial score (nSPS) is 21.4. The molecule has 2 saturated heterocycles. The molecule has 0 saturated carbocycles. The van der Waals surface area contributed by atoms with Crippen LogP contribution in [0, 0.1) is 5.92 Å². The minimum absolute atomic E-state index is 0.0229. The Morgan fingerprint density at radius 3 is 2.73 bits per heavy atom. The zero-order chi connectivity index (χ0) is 18.1. The van der Waals surface area contributed by atoms with E-state index in [9.17, 15) is 9.59 Å². The first kappa shape index (κ1) is 17.3. The monoisotopic (exact) mass is 416 g/mol. The van der Waals surface area contributed by atoms with Crippen LogP contribution in [0.15, 0.2) is 47.5 Å². The van der Waals surface area contributed by atoms with Crippen LogP contribution in [0.1, 0.15) is 25.3 Å². The van der Waals surface area contributed by atoms with Crippen LogP contribution in [0.4, 0.5) is 5.69 Å². The molecule has 2 fully saturated rings. The van der Waals surface area contributed by atoms with Gasteiger partial charge in [-0.05, 0) is 31.0 Å². The number of carbonyl (C=O) groups excluding carboxylic acids is 2. The third kappa shape index (κ3) is 3.40. The molecule has 2 aliphatic heterocycles. The fourth-order valence-electron chi connectivity index (χ4n) is 3.89. The maximum atomic E-state index is 12.9. The molecule has 136 valence electrons. The van der Waals surface area contributed by atoms with Crippen LogP contribution in [0.2, 0.25) is 0 Å². The number of aromatic nitrogens is 2. The number of imidazole rings is 1. The van der Waals surface area contributed by atoms with Gasteiger partial charge in [-0.25, -0.2) is 4.98 Å². The van der Waals surface area contributed by atoms with Crippen molar-refractivity contribution in [3.8, 4) is 0 Å². The lowest BCUT2D eigenvalue weighted by molar-refractivity contribution is -0.137. The predicted molar refractivity (Wildman–Crippen MR) is 102 cm³/mol. The lowest BCUT2D eigenvalue weighted by Gasteiger charge is -2.34. The van der Waals surface area contributed by atoms with Gasteiger partial charge in [-0.1, -0.05) is 22.0 Å². The van der Waals surface area contributed by atoms with Gasteiger partial charge < -0.3 is 14.4 Å². The molecular weight excluding hydrogens is 396 g/mol. The molecule has 0 spiro atoms. The molecule has 6 nitrogen and oxygen atoms in total. The summed E-state index contributed by atoms with van der Waals surface area (Å²) < 4.78 is 3.05. The van der Waals surface area contributed by atoms with Gasteiger partial charge in [0.25, 0.3) is 0 Å². The summed E-state index contributed by atoms with van der Waals surface area (Å²) in [7, 11) is 0. The van der Waals surface area contributed by atoms with E-state index in [1.165, 1.54) is 0 Å². The number of hydrogen-bond donors (Lipinski definition) is 0. The second kappa shape index (κ2) is 7.23.